The number of methoxy groups -OCH3 is 1. The number of thioether (sulfide) groups is 1. The van der Waals surface area contributed by atoms with Crippen LogP contribution in [0.3, 0.4) is 0 Å². The van der Waals surface area contributed by atoms with Crippen LogP contribution in [-0.4, -0.2) is 23.3 Å². The lowest BCUT2D eigenvalue weighted by molar-refractivity contribution is -0.115. The van der Waals surface area contributed by atoms with Crippen LogP contribution in [0.25, 0.3) is 6.08 Å². The molecule has 26 heavy (non-hydrogen) atoms. The minimum atomic E-state index is -0.375. The molecule has 7 heteroatoms. The molecule has 2 aromatic rings. The summed E-state index contributed by atoms with van der Waals surface area (Å²) in [6.45, 7) is 0.333. The van der Waals surface area contributed by atoms with Crippen LogP contribution >= 0.6 is 24.0 Å². The van der Waals surface area contributed by atoms with Gasteiger partial charge in [-0.15, -0.1) is 0 Å². The fourth-order valence-electron chi connectivity index (χ4n) is 2.31. The lowest BCUT2D eigenvalue weighted by Crippen LogP contribution is -2.17. The highest BCUT2D eigenvalue weighted by atomic mass is 32.2. The van der Waals surface area contributed by atoms with E-state index in [0.29, 0.717) is 27.1 Å². The van der Waals surface area contributed by atoms with Gasteiger partial charge < -0.3 is 14.8 Å². The number of carbonyl (C=O) groups is 2. The first kappa shape index (κ1) is 18.2. The van der Waals surface area contributed by atoms with E-state index in [1.165, 1.54) is 18.9 Å². The summed E-state index contributed by atoms with van der Waals surface area (Å²) >= 11 is 6.23. The third-order valence-electron chi connectivity index (χ3n) is 3.62. The Hall–Kier alpha value is -2.64. The third-order valence-corrected chi connectivity index (χ3v) is 4.78. The Morgan fingerprint density at radius 1 is 1.19 bits per heavy atom. The van der Waals surface area contributed by atoms with Crippen molar-refractivity contribution in [2.24, 2.45) is 0 Å². The summed E-state index contributed by atoms with van der Waals surface area (Å²) in [6.07, 6.45) is 1.76. The van der Waals surface area contributed by atoms with Crippen molar-refractivity contribution in [3.8, 4) is 5.75 Å². The minimum absolute atomic E-state index is 0.201. The van der Waals surface area contributed by atoms with Gasteiger partial charge in [-0.25, -0.2) is 4.79 Å². The molecule has 0 aromatic heterocycles. The fraction of sp³-hybridized carbons (Fsp3) is 0.105. The van der Waals surface area contributed by atoms with Crippen molar-refractivity contribution in [2.45, 2.75) is 6.61 Å². The Labute approximate surface area is 160 Å². The minimum Gasteiger partial charge on any atom is -0.488 e. The molecule has 1 aliphatic rings. The molecule has 0 radical (unpaired) electrons. The van der Waals surface area contributed by atoms with Crippen LogP contribution < -0.4 is 10.1 Å². The topological polar surface area (TPSA) is 64.6 Å². The number of amides is 1. The number of benzene rings is 2. The van der Waals surface area contributed by atoms with Gasteiger partial charge in [0.05, 0.1) is 17.6 Å². The van der Waals surface area contributed by atoms with Gasteiger partial charge in [0, 0.05) is 5.56 Å². The van der Waals surface area contributed by atoms with Crippen molar-refractivity contribution in [3.63, 3.8) is 0 Å². The molecule has 2 aromatic carbocycles. The Bertz CT molecular complexity index is 891. The van der Waals surface area contributed by atoms with Gasteiger partial charge in [0.15, 0.2) is 0 Å². The molecule has 1 saturated heterocycles. The van der Waals surface area contributed by atoms with E-state index in [1.54, 1.807) is 18.2 Å². The van der Waals surface area contributed by atoms with Crippen LogP contribution in [0.1, 0.15) is 21.5 Å². The first-order valence-electron chi connectivity index (χ1n) is 7.71. The van der Waals surface area contributed by atoms with Gasteiger partial charge in [0.2, 0.25) is 0 Å². The largest absolute Gasteiger partial charge is 0.488 e. The quantitative estimate of drug-likeness (QED) is 0.483. The standard InChI is InChI=1S/C19H15NO4S2/c1-23-18(22)13-8-6-12(7-9-13)11-24-15-5-3-2-4-14(15)10-16-17(21)20-19(25)26-16/h2-10H,11H2,1H3,(H,20,21,25). The monoisotopic (exact) mass is 385 g/mol. The van der Waals surface area contributed by atoms with Crippen molar-refractivity contribution in [2.75, 3.05) is 7.11 Å². The van der Waals surface area contributed by atoms with E-state index in [4.69, 9.17) is 17.0 Å². The molecular weight excluding hydrogens is 370 g/mol. The molecule has 1 heterocycles. The molecule has 3 rings (SSSR count). The molecule has 0 unspecified atom stereocenters. The van der Waals surface area contributed by atoms with Crippen molar-refractivity contribution in [1.29, 1.82) is 0 Å². The zero-order valence-corrected chi connectivity index (χ0v) is 15.5. The first-order valence-corrected chi connectivity index (χ1v) is 8.93. The predicted molar refractivity (Wildman–Crippen MR) is 105 cm³/mol. The zero-order chi connectivity index (χ0) is 18.5. The van der Waals surface area contributed by atoms with Crippen molar-refractivity contribution in [3.05, 3.63) is 70.1 Å². The van der Waals surface area contributed by atoms with Crippen LogP contribution in [-0.2, 0) is 16.1 Å². The second-order valence-electron chi connectivity index (χ2n) is 5.37. The normalized spacial score (nSPS) is 15.0. The number of hydrogen-bond acceptors (Lipinski definition) is 6. The van der Waals surface area contributed by atoms with Gasteiger partial charge in [-0.3, -0.25) is 4.79 Å². The third kappa shape index (κ3) is 4.30. The summed E-state index contributed by atoms with van der Waals surface area (Å²) < 4.78 is 11.0. The lowest BCUT2D eigenvalue weighted by atomic mass is 10.1. The van der Waals surface area contributed by atoms with Crippen LogP contribution in [0, 0.1) is 0 Å². The summed E-state index contributed by atoms with van der Waals surface area (Å²) in [5.41, 5.74) is 2.19. The number of nitrogens with one attached hydrogen (secondary N) is 1. The number of ether oxygens (including phenoxy) is 2. The highest BCUT2D eigenvalue weighted by Gasteiger charge is 2.22. The van der Waals surface area contributed by atoms with Gasteiger partial charge >= 0.3 is 5.97 Å². The molecule has 5 nitrogen and oxygen atoms in total. The number of carbonyl (C=O) groups excluding carboxylic acids is 2. The van der Waals surface area contributed by atoms with Crippen molar-refractivity contribution in [1.82, 2.24) is 5.32 Å². The Kier molecular flexibility index (Phi) is 5.70. The molecule has 132 valence electrons. The van der Waals surface area contributed by atoms with Crippen LogP contribution in [0.15, 0.2) is 53.4 Å². The van der Waals surface area contributed by atoms with E-state index in [9.17, 15) is 9.59 Å². The van der Waals surface area contributed by atoms with E-state index >= 15 is 0 Å². The van der Waals surface area contributed by atoms with Gasteiger partial charge in [0.25, 0.3) is 5.91 Å². The number of esters is 1. The van der Waals surface area contributed by atoms with Gasteiger partial charge in [0.1, 0.15) is 16.7 Å². The summed E-state index contributed by atoms with van der Waals surface area (Å²) in [7, 11) is 1.35. The van der Waals surface area contributed by atoms with E-state index in [2.05, 4.69) is 10.1 Å². The molecule has 0 aliphatic carbocycles. The summed E-state index contributed by atoms with van der Waals surface area (Å²) in [5, 5.41) is 2.59. The highest BCUT2D eigenvalue weighted by Crippen LogP contribution is 2.29. The predicted octanol–water partition coefficient (Wildman–Crippen LogP) is 3.54. The van der Waals surface area contributed by atoms with E-state index in [0.717, 1.165) is 11.1 Å². The lowest BCUT2D eigenvalue weighted by Gasteiger charge is -2.10. The zero-order valence-electron chi connectivity index (χ0n) is 13.9. The molecular formula is C19H15NO4S2. The molecule has 0 atom stereocenters. The maximum Gasteiger partial charge on any atom is 0.337 e. The Morgan fingerprint density at radius 3 is 2.58 bits per heavy atom. The maximum absolute atomic E-state index is 11.8. The second kappa shape index (κ2) is 8.16. The van der Waals surface area contributed by atoms with Crippen molar-refractivity contribution < 1.29 is 19.1 Å². The Balaban J connectivity index is 1.73. The van der Waals surface area contributed by atoms with Crippen molar-refractivity contribution >= 4 is 46.3 Å². The SMILES string of the molecule is COC(=O)c1ccc(COc2ccccc2C=C2SC(=S)NC2=O)cc1. The van der Waals surface area contributed by atoms with E-state index in [1.807, 2.05) is 36.4 Å². The number of rotatable bonds is 5. The van der Waals surface area contributed by atoms with E-state index in [-0.39, 0.29) is 11.9 Å². The average Bonchev–Trinajstić information content (AvgIpc) is 2.97. The smallest absolute Gasteiger partial charge is 0.337 e. The van der Waals surface area contributed by atoms with Gasteiger partial charge in [-0.2, -0.15) is 0 Å². The summed E-state index contributed by atoms with van der Waals surface area (Å²) in [6, 6.07) is 14.5. The fourth-order valence-corrected chi connectivity index (χ4v) is 3.34. The van der Waals surface area contributed by atoms with Crippen LogP contribution in [0.5, 0.6) is 5.75 Å². The number of para-hydroxylation sites is 1. The molecule has 1 aliphatic heterocycles. The van der Waals surface area contributed by atoms with Gasteiger partial charge in [-0.1, -0.05) is 54.3 Å². The van der Waals surface area contributed by atoms with Crippen LogP contribution in [0.2, 0.25) is 0 Å². The molecule has 1 N–H and O–H groups in total. The Morgan fingerprint density at radius 2 is 1.92 bits per heavy atom. The first-order chi connectivity index (χ1) is 12.6. The number of hydrogen-bond donors (Lipinski definition) is 1. The molecule has 1 amide bonds. The van der Waals surface area contributed by atoms with Crippen LogP contribution in [0.4, 0.5) is 0 Å². The highest BCUT2D eigenvalue weighted by molar-refractivity contribution is 8.26. The molecule has 0 spiro atoms. The second-order valence-corrected chi connectivity index (χ2v) is 7.09. The van der Waals surface area contributed by atoms with Gasteiger partial charge in [-0.05, 0) is 29.8 Å². The maximum atomic E-state index is 11.8. The molecule has 0 saturated carbocycles. The molecule has 1 fully saturated rings. The summed E-state index contributed by atoms with van der Waals surface area (Å²) in [5.74, 6) is 0.0798. The molecule has 0 bridgehead atoms. The summed E-state index contributed by atoms with van der Waals surface area (Å²) in [4.78, 5) is 23.8. The van der Waals surface area contributed by atoms with E-state index < -0.39 is 0 Å². The average molecular weight is 385 g/mol. The number of thiocarbonyl (C=S) groups is 1.